The highest BCUT2D eigenvalue weighted by atomic mass is 19.4. The minimum absolute atomic E-state index is 0.101. The quantitative estimate of drug-likeness (QED) is 0.793. The monoisotopic (exact) mass is 215 g/mol. The molecule has 2 heterocycles. The van der Waals surface area contributed by atoms with Gasteiger partial charge in [0.25, 0.3) is 0 Å². The third-order valence-electron chi connectivity index (χ3n) is 1.89. The minimum atomic E-state index is -4.25. The summed E-state index contributed by atoms with van der Waals surface area (Å²) in [6, 6.07) is 1.72. The summed E-state index contributed by atoms with van der Waals surface area (Å²) in [4.78, 5) is 10.3. The van der Waals surface area contributed by atoms with Crippen molar-refractivity contribution in [2.75, 3.05) is 0 Å². The molecule has 0 saturated heterocycles. The third-order valence-corrected chi connectivity index (χ3v) is 1.89. The van der Waals surface area contributed by atoms with E-state index in [0.29, 0.717) is 11.2 Å². The van der Waals surface area contributed by atoms with E-state index < -0.39 is 12.6 Å². The van der Waals surface area contributed by atoms with E-state index in [2.05, 4.69) is 15.0 Å². The molecule has 0 aromatic carbocycles. The molecule has 15 heavy (non-hydrogen) atoms. The van der Waals surface area contributed by atoms with Crippen molar-refractivity contribution in [3.05, 3.63) is 23.7 Å². The summed E-state index contributed by atoms with van der Waals surface area (Å²) >= 11 is 0. The summed E-state index contributed by atoms with van der Waals surface area (Å²) in [5.74, 6) is -0.101. The third kappa shape index (κ3) is 2.26. The number of aromatic nitrogens is 3. The smallest absolute Gasteiger partial charge is 0.340 e. The Bertz CT molecular complexity index is 487. The molecule has 2 rings (SSSR count). The van der Waals surface area contributed by atoms with Crippen LogP contribution in [-0.4, -0.2) is 21.1 Å². The largest absolute Gasteiger partial charge is 0.396 e. The first-order chi connectivity index (χ1) is 6.94. The highest BCUT2D eigenvalue weighted by Gasteiger charge is 2.29. The maximum atomic E-state index is 12.1. The summed E-state index contributed by atoms with van der Waals surface area (Å²) < 4.78 is 36.2. The number of pyridine rings is 1. The zero-order valence-electron chi connectivity index (χ0n) is 7.89. The summed E-state index contributed by atoms with van der Waals surface area (Å²) in [5.41, 5.74) is 1.74. The van der Waals surface area contributed by atoms with Crippen molar-refractivity contribution in [1.82, 2.24) is 15.0 Å². The molecule has 0 aliphatic heterocycles. The average molecular weight is 215 g/mol. The molecule has 0 aliphatic rings. The van der Waals surface area contributed by atoms with E-state index in [-0.39, 0.29) is 5.82 Å². The topological polar surface area (TPSA) is 41.6 Å². The molecule has 0 spiro atoms. The van der Waals surface area contributed by atoms with Crippen LogP contribution in [0.2, 0.25) is 0 Å². The maximum absolute atomic E-state index is 12.1. The molecule has 0 atom stereocenters. The van der Waals surface area contributed by atoms with Crippen molar-refractivity contribution < 1.29 is 13.2 Å². The number of nitrogens with zero attached hydrogens (tertiary/aromatic N) is 2. The molecular weight excluding hydrogens is 207 g/mol. The molecule has 0 aliphatic carbocycles. The lowest BCUT2D eigenvalue weighted by Crippen LogP contribution is -2.12. The van der Waals surface area contributed by atoms with Crippen LogP contribution in [0.3, 0.4) is 0 Å². The van der Waals surface area contributed by atoms with Gasteiger partial charge >= 0.3 is 6.18 Å². The van der Waals surface area contributed by atoms with Gasteiger partial charge in [-0.2, -0.15) is 13.2 Å². The number of nitrogens with one attached hydrogen (secondary N) is 1. The molecule has 2 aromatic rings. The molecule has 0 radical (unpaired) electrons. The van der Waals surface area contributed by atoms with E-state index in [1.807, 2.05) is 6.92 Å². The number of halogens is 3. The second-order valence-electron chi connectivity index (χ2n) is 3.36. The van der Waals surface area contributed by atoms with Gasteiger partial charge in [-0.1, -0.05) is 0 Å². The predicted octanol–water partition coefficient (Wildman–Crippen LogP) is 2.37. The van der Waals surface area contributed by atoms with E-state index in [9.17, 15) is 13.2 Å². The molecular formula is C9H8F3N3. The number of fused-ring (bicyclic) bond motifs is 1. The Morgan fingerprint density at radius 1 is 1.40 bits per heavy atom. The van der Waals surface area contributed by atoms with Gasteiger partial charge < -0.3 is 4.98 Å². The fourth-order valence-corrected chi connectivity index (χ4v) is 1.33. The number of hydrogen-bond acceptors (Lipinski definition) is 2. The zero-order valence-corrected chi connectivity index (χ0v) is 7.89. The average Bonchev–Trinajstić information content (AvgIpc) is 2.42. The van der Waals surface area contributed by atoms with Crippen LogP contribution < -0.4 is 0 Å². The first-order valence-electron chi connectivity index (χ1n) is 4.32. The summed E-state index contributed by atoms with van der Waals surface area (Å²) in [5, 5.41) is 0. The summed E-state index contributed by atoms with van der Waals surface area (Å²) in [6.07, 6.45) is -3.73. The molecule has 0 amide bonds. The SMILES string of the molecule is Cc1cnc2nc(CC(F)(F)F)[nH]c2c1. The van der Waals surface area contributed by atoms with Gasteiger partial charge in [-0.25, -0.2) is 9.97 Å². The van der Waals surface area contributed by atoms with Crippen LogP contribution in [0.15, 0.2) is 12.3 Å². The number of H-pyrrole nitrogens is 1. The van der Waals surface area contributed by atoms with Gasteiger partial charge in [0.1, 0.15) is 12.2 Å². The van der Waals surface area contributed by atoms with Gasteiger partial charge in [-0.3, -0.25) is 0 Å². The van der Waals surface area contributed by atoms with Crippen LogP contribution >= 0.6 is 0 Å². The second-order valence-corrected chi connectivity index (χ2v) is 3.36. The van der Waals surface area contributed by atoms with Crippen molar-refractivity contribution in [3.8, 4) is 0 Å². The van der Waals surface area contributed by atoms with Crippen molar-refractivity contribution in [2.24, 2.45) is 0 Å². The van der Waals surface area contributed by atoms with Crippen molar-refractivity contribution in [1.29, 1.82) is 0 Å². The molecule has 0 saturated carbocycles. The van der Waals surface area contributed by atoms with Crippen LogP contribution in [-0.2, 0) is 6.42 Å². The Balaban J connectivity index is 2.39. The Labute approximate surface area is 83.4 Å². The number of imidazole rings is 1. The lowest BCUT2D eigenvalue weighted by atomic mass is 10.3. The van der Waals surface area contributed by atoms with Gasteiger partial charge in [0.05, 0.1) is 5.52 Å². The fourth-order valence-electron chi connectivity index (χ4n) is 1.33. The lowest BCUT2D eigenvalue weighted by Gasteiger charge is -2.01. The summed E-state index contributed by atoms with van der Waals surface area (Å²) in [6.45, 7) is 1.82. The van der Waals surface area contributed by atoms with Crippen molar-refractivity contribution in [3.63, 3.8) is 0 Å². The van der Waals surface area contributed by atoms with E-state index in [1.54, 1.807) is 12.3 Å². The predicted molar refractivity (Wildman–Crippen MR) is 48.4 cm³/mol. The molecule has 6 heteroatoms. The second kappa shape index (κ2) is 3.22. The number of rotatable bonds is 1. The Hall–Kier alpha value is -1.59. The van der Waals surface area contributed by atoms with Gasteiger partial charge in [0, 0.05) is 6.20 Å². The molecule has 0 unspecified atom stereocenters. The Morgan fingerprint density at radius 3 is 2.80 bits per heavy atom. The Kier molecular flexibility index (Phi) is 2.13. The molecule has 1 N–H and O–H groups in total. The zero-order chi connectivity index (χ0) is 11.1. The number of aryl methyl sites for hydroxylation is 1. The fraction of sp³-hybridized carbons (Fsp3) is 0.333. The highest BCUT2D eigenvalue weighted by molar-refractivity contribution is 5.70. The van der Waals surface area contributed by atoms with E-state index >= 15 is 0 Å². The van der Waals surface area contributed by atoms with E-state index in [0.717, 1.165) is 5.56 Å². The lowest BCUT2D eigenvalue weighted by molar-refractivity contribution is -0.128. The van der Waals surface area contributed by atoms with Crippen LogP contribution in [0, 0.1) is 6.92 Å². The number of alkyl halides is 3. The summed E-state index contributed by atoms with van der Waals surface area (Å²) in [7, 11) is 0. The van der Waals surface area contributed by atoms with Crippen LogP contribution in [0.5, 0.6) is 0 Å². The first kappa shape index (κ1) is 9.95. The van der Waals surface area contributed by atoms with Crippen LogP contribution in [0.1, 0.15) is 11.4 Å². The minimum Gasteiger partial charge on any atom is -0.340 e. The van der Waals surface area contributed by atoms with Crippen molar-refractivity contribution in [2.45, 2.75) is 19.5 Å². The molecule has 3 nitrogen and oxygen atoms in total. The molecule has 0 fully saturated rings. The van der Waals surface area contributed by atoms with Crippen LogP contribution in [0.25, 0.3) is 11.2 Å². The van der Waals surface area contributed by atoms with Gasteiger partial charge in [-0.15, -0.1) is 0 Å². The van der Waals surface area contributed by atoms with Crippen LogP contribution in [0.4, 0.5) is 13.2 Å². The molecule has 0 bridgehead atoms. The molecule has 80 valence electrons. The van der Waals surface area contributed by atoms with Gasteiger partial charge in [-0.05, 0) is 18.6 Å². The number of aromatic amines is 1. The van der Waals surface area contributed by atoms with E-state index in [4.69, 9.17) is 0 Å². The molecule has 2 aromatic heterocycles. The van der Waals surface area contributed by atoms with E-state index in [1.165, 1.54) is 0 Å². The van der Waals surface area contributed by atoms with Gasteiger partial charge in [0.2, 0.25) is 0 Å². The standard InChI is InChI=1S/C9H8F3N3/c1-5-2-6-8(13-4-5)15-7(14-6)3-9(10,11)12/h2,4H,3H2,1H3,(H,13,14,15). The van der Waals surface area contributed by atoms with Gasteiger partial charge in [0.15, 0.2) is 5.65 Å². The van der Waals surface area contributed by atoms with Crippen molar-refractivity contribution >= 4 is 11.2 Å². The normalized spacial score (nSPS) is 12.3. The number of hydrogen-bond donors (Lipinski definition) is 1. The Morgan fingerprint density at radius 2 is 2.13 bits per heavy atom. The maximum Gasteiger partial charge on any atom is 0.396 e. The first-order valence-corrected chi connectivity index (χ1v) is 4.32. The highest BCUT2D eigenvalue weighted by Crippen LogP contribution is 2.21.